The third-order valence-electron chi connectivity index (χ3n) is 16.9. The molecule has 10 fully saturated rings. The number of anilines is 1. The summed E-state index contributed by atoms with van der Waals surface area (Å²) in [5.41, 5.74) is 24.7. The normalized spacial score (nSPS) is 33.2. The van der Waals surface area contributed by atoms with Crippen LogP contribution in [-0.4, -0.2) is 226 Å². The van der Waals surface area contributed by atoms with Gasteiger partial charge in [-0.25, -0.2) is 0 Å². The number of nitriles is 3. The third kappa shape index (κ3) is 9.24. The molecule has 1 aromatic rings. The van der Waals surface area contributed by atoms with Gasteiger partial charge in [0.15, 0.2) is 0 Å². The summed E-state index contributed by atoms with van der Waals surface area (Å²) in [5.74, 6) is -0.499. The molecule has 0 spiro atoms. The Bertz CT molecular complexity index is 2400. The lowest BCUT2D eigenvalue weighted by Crippen LogP contribution is -2.57. The molecule has 8 N–H and O–H groups in total. The molecule has 11 rings (SSSR count). The van der Waals surface area contributed by atoms with Crippen molar-refractivity contribution < 1.29 is 33.6 Å². The van der Waals surface area contributed by atoms with E-state index in [1.54, 1.807) is 53.7 Å². The van der Waals surface area contributed by atoms with Crippen LogP contribution in [0, 0.1) is 39.9 Å². The molecule has 23 heteroatoms. The minimum Gasteiger partial charge on any atom is -0.366 e. The van der Waals surface area contributed by atoms with Gasteiger partial charge in [0.05, 0.1) is 71.8 Å². The van der Waals surface area contributed by atoms with Gasteiger partial charge in [-0.2, -0.15) is 15.8 Å². The molecule has 10 aliphatic rings. The van der Waals surface area contributed by atoms with E-state index in [2.05, 4.69) is 18.2 Å². The number of benzene rings is 1. The summed E-state index contributed by atoms with van der Waals surface area (Å²) in [6.07, 6.45) is 7.16. The topological polar surface area (TPSA) is 324 Å². The Hall–Kier alpha value is -6.26. The Morgan fingerprint density at radius 1 is 0.611 bits per heavy atom. The summed E-state index contributed by atoms with van der Waals surface area (Å²) in [7, 11) is 3.66. The van der Waals surface area contributed by atoms with Gasteiger partial charge in [0, 0.05) is 84.6 Å². The highest BCUT2D eigenvalue weighted by atomic mass is 16.2. The molecule has 1 aromatic carbocycles. The van der Waals surface area contributed by atoms with Crippen LogP contribution in [0.2, 0.25) is 0 Å². The molecule has 9 saturated heterocycles. The lowest BCUT2D eigenvalue weighted by molar-refractivity contribution is -0.138. The fourth-order valence-electron chi connectivity index (χ4n) is 13.0. The number of rotatable bonds is 11. The van der Waals surface area contributed by atoms with E-state index in [1.807, 2.05) is 28.8 Å². The highest BCUT2D eigenvalue weighted by Crippen LogP contribution is 2.48. The number of hydrogen-bond acceptors (Lipinski definition) is 16. The SMILES string of the molecule is CN1C(=O)[C@@H]2CC1CN2C[C@H](N)C(=O)N1CCC[C@H]1C#N.CN1C(=O)[C@@H]2CC1CN2C[C@H](N)C(=O)N1CCC[C@H]1C#N.N#C[C@@H]1C[C@@H]2C[C@@H]2N1C(=O)[C@@H](N)CN1CC2C[C@H]1C(=O)N2c1ccccc1C(N)=O. The number of primary amides is 1. The van der Waals surface area contributed by atoms with E-state index >= 15 is 0 Å². The molecule has 6 bridgehead atoms. The highest BCUT2D eigenvalue weighted by Gasteiger charge is 2.56. The van der Waals surface area contributed by atoms with Crippen molar-refractivity contribution in [3.05, 3.63) is 29.8 Å². The Kier molecular flexibility index (Phi) is 14.3. The number of para-hydroxylation sites is 1. The molecule has 72 heavy (non-hydrogen) atoms. The van der Waals surface area contributed by atoms with E-state index in [-0.39, 0.29) is 102 Å². The van der Waals surface area contributed by atoms with Crippen LogP contribution < -0.4 is 27.8 Å². The van der Waals surface area contributed by atoms with Crippen molar-refractivity contribution >= 4 is 47.0 Å². The van der Waals surface area contributed by atoms with Crippen molar-refractivity contribution in [3.8, 4) is 18.2 Å². The average molecular weight is 991 g/mol. The van der Waals surface area contributed by atoms with Crippen molar-refractivity contribution in [2.45, 2.75) is 136 Å². The minimum atomic E-state index is -0.765. The molecule has 1 saturated carbocycles. The van der Waals surface area contributed by atoms with E-state index in [1.165, 1.54) is 0 Å². The fourth-order valence-corrected chi connectivity index (χ4v) is 13.0. The molecule has 1 aliphatic carbocycles. The standard InChI is InChI=1S/C21H24N6O3.2C14H21N5O2/c22-8-12-5-11-6-17(11)26(12)20(29)15(23)10-25-9-13-7-18(25)21(30)27(13)16-4-2-1-3-14(16)19(24)28;2*1-17-10-5-12(14(17)21)18(7-10)8-11(16)13(20)19-4-2-3-9(19)6-15/h1-4,11-13,15,17-18H,5-7,9-10,23H2,(H2,24,28);2*9-12H,2-5,7-8,16H2,1H3/t11-,12+,13?,15+,17+,18+;2*9-,10?,11-,12-/m100/s1. The van der Waals surface area contributed by atoms with Gasteiger partial charge in [-0.3, -0.25) is 48.3 Å². The predicted octanol–water partition coefficient (Wildman–Crippen LogP) is -3.10. The number of nitrogens with zero attached hydrogens (tertiary/aromatic N) is 12. The fraction of sp³-hybridized carbons (Fsp3) is 0.673. The van der Waals surface area contributed by atoms with Crippen molar-refractivity contribution in [2.75, 3.05) is 71.4 Å². The number of fused-ring (bicyclic) bond motifs is 7. The van der Waals surface area contributed by atoms with Crippen LogP contribution >= 0.6 is 0 Å². The van der Waals surface area contributed by atoms with E-state index in [4.69, 9.17) is 33.5 Å². The summed E-state index contributed by atoms with van der Waals surface area (Å²) in [5, 5.41) is 27.4. The van der Waals surface area contributed by atoms with Crippen LogP contribution in [0.5, 0.6) is 0 Å². The van der Waals surface area contributed by atoms with Crippen LogP contribution in [0.25, 0.3) is 0 Å². The maximum atomic E-state index is 13.1. The van der Waals surface area contributed by atoms with E-state index < -0.39 is 24.0 Å². The van der Waals surface area contributed by atoms with Gasteiger partial charge in [0.2, 0.25) is 35.4 Å². The zero-order valence-electron chi connectivity index (χ0n) is 40.9. The van der Waals surface area contributed by atoms with Gasteiger partial charge in [0.25, 0.3) is 5.91 Å². The second-order valence-corrected chi connectivity index (χ2v) is 21.2. The van der Waals surface area contributed by atoms with Crippen LogP contribution in [-0.2, 0) is 28.8 Å². The largest absolute Gasteiger partial charge is 0.366 e. The molecule has 23 nitrogen and oxygen atoms in total. The first-order valence-corrected chi connectivity index (χ1v) is 25.3. The van der Waals surface area contributed by atoms with Gasteiger partial charge >= 0.3 is 0 Å². The van der Waals surface area contributed by atoms with Crippen molar-refractivity contribution in [1.29, 1.82) is 15.8 Å². The Morgan fingerprint density at radius 2 is 1.06 bits per heavy atom. The summed E-state index contributed by atoms with van der Waals surface area (Å²) >= 11 is 0. The molecule has 0 aromatic heterocycles. The summed E-state index contributed by atoms with van der Waals surface area (Å²) < 4.78 is 0. The lowest BCUT2D eigenvalue weighted by Gasteiger charge is -2.36. The van der Waals surface area contributed by atoms with E-state index in [9.17, 15) is 38.8 Å². The number of piperidine rings is 1. The van der Waals surface area contributed by atoms with Crippen LogP contribution in [0.3, 0.4) is 0 Å². The molecule has 7 amide bonds. The van der Waals surface area contributed by atoms with Crippen molar-refractivity contribution in [3.63, 3.8) is 0 Å². The summed E-state index contributed by atoms with van der Waals surface area (Å²) in [6, 6.07) is 10.2. The first-order chi connectivity index (χ1) is 34.4. The zero-order valence-corrected chi connectivity index (χ0v) is 40.9. The molecule has 3 unspecified atom stereocenters. The maximum Gasteiger partial charge on any atom is 0.250 e. The molecule has 384 valence electrons. The monoisotopic (exact) mass is 991 g/mol. The predicted molar refractivity (Wildman–Crippen MR) is 257 cm³/mol. The van der Waals surface area contributed by atoms with Gasteiger partial charge < -0.3 is 52.3 Å². The van der Waals surface area contributed by atoms with E-state index in [0.29, 0.717) is 56.3 Å². The van der Waals surface area contributed by atoms with Crippen molar-refractivity contribution in [2.24, 2.45) is 28.9 Å². The highest BCUT2D eigenvalue weighted by molar-refractivity contribution is 6.07. The average Bonchev–Trinajstić information content (AvgIpc) is 4.21. The maximum absolute atomic E-state index is 13.1. The number of likely N-dealkylation sites (N-methyl/N-ethyl adjacent to an activating group) is 2. The summed E-state index contributed by atoms with van der Waals surface area (Å²) in [6.45, 7) is 4.45. The van der Waals surface area contributed by atoms with Crippen molar-refractivity contribution in [1.82, 2.24) is 39.2 Å². The number of likely N-dealkylation sites (tertiary alicyclic amines) is 8. The smallest absolute Gasteiger partial charge is 0.250 e. The van der Waals surface area contributed by atoms with Gasteiger partial charge in [0.1, 0.15) is 18.1 Å². The van der Waals surface area contributed by atoms with Gasteiger partial charge in [-0.1, -0.05) is 12.1 Å². The number of carbonyl (C=O) groups excluding carboxylic acids is 7. The molecule has 0 radical (unpaired) electrons. The second kappa shape index (κ2) is 20.3. The Balaban J connectivity index is 0.000000137. The molecular formula is C49H66N16O7. The minimum absolute atomic E-state index is 0.0863. The number of piperazine rings is 3. The van der Waals surface area contributed by atoms with Crippen LogP contribution in [0.1, 0.15) is 68.1 Å². The van der Waals surface area contributed by atoms with Gasteiger partial charge in [-0.05, 0) is 75.8 Å². The second-order valence-electron chi connectivity index (χ2n) is 21.2. The number of amides is 7. The molecule has 14 atom stereocenters. The Morgan fingerprint density at radius 3 is 1.50 bits per heavy atom. The Labute approximate surface area is 419 Å². The quantitative estimate of drug-likeness (QED) is 0.171. The van der Waals surface area contributed by atoms with Gasteiger partial charge in [-0.15, -0.1) is 0 Å². The zero-order chi connectivity index (χ0) is 51.4. The number of nitrogens with two attached hydrogens (primary N) is 4. The van der Waals surface area contributed by atoms with Crippen LogP contribution in [0.4, 0.5) is 5.69 Å². The third-order valence-corrected chi connectivity index (χ3v) is 16.9. The van der Waals surface area contributed by atoms with Crippen LogP contribution in [0.15, 0.2) is 24.3 Å². The number of hydrogen-bond donors (Lipinski definition) is 4. The molecular weight excluding hydrogens is 925 g/mol. The van der Waals surface area contributed by atoms with E-state index in [0.717, 1.165) is 64.5 Å². The molecule has 9 heterocycles. The lowest BCUT2D eigenvalue weighted by atomic mass is 10.1. The number of carbonyl (C=O) groups is 7. The molecule has 9 aliphatic heterocycles. The summed E-state index contributed by atoms with van der Waals surface area (Å²) in [4.78, 5) is 103. The first-order valence-electron chi connectivity index (χ1n) is 25.3. The first kappa shape index (κ1) is 50.7.